The monoisotopic (exact) mass is 316 g/mol. The van der Waals surface area contributed by atoms with Crippen LogP contribution in [0.15, 0.2) is 30.5 Å². The number of pyridine rings is 1. The number of carbonyl (C=O) groups is 1. The quantitative estimate of drug-likeness (QED) is 0.916. The Morgan fingerprint density at radius 2 is 2.22 bits per heavy atom. The number of nitrogens with zero attached hydrogens (tertiary/aromatic N) is 1. The van der Waals surface area contributed by atoms with E-state index >= 15 is 0 Å². The van der Waals surface area contributed by atoms with Crippen molar-refractivity contribution in [3.63, 3.8) is 0 Å². The molecule has 2 fully saturated rings. The molecule has 2 aliphatic rings. The van der Waals surface area contributed by atoms with Crippen LogP contribution < -0.4 is 14.8 Å². The lowest BCUT2D eigenvalue weighted by Crippen LogP contribution is -2.37. The minimum absolute atomic E-state index is 0.0486. The van der Waals surface area contributed by atoms with E-state index in [1.807, 2.05) is 18.2 Å². The van der Waals surface area contributed by atoms with Crippen LogP contribution in [0.2, 0.25) is 0 Å². The summed E-state index contributed by atoms with van der Waals surface area (Å²) in [5.74, 6) is 1.13. The molecule has 0 bridgehead atoms. The van der Waals surface area contributed by atoms with Crippen molar-refractivity contribution in [3.05, 3.63) is 30.5 Å². The van der Waals surface area contributed by atoms with Crippen LogP contribution >= 0.6 is 0 Å². The molecule has 1 unspecified atom stereocenters. The van der Waals surface area contributed by atoms with Gasteiger partial charge in [-0.3, -0.25) is 14.2 Å². The highest BCUT2D eigenvalue weighted by Crippen LogP contribution is 2.52. The number of halogens is 1. The first-order valence-corrected chi connectivity index (χ1v) is 7.65. The van der Waals surface area contributed by atoms with E-state index in [9.17, 15) is 9.18 Å². The number of amides is 1. The average Bonchev–Trinajstić information content (AvgIpc) is 3.23. The van der Waals surface area contributed by atoms with Crippen molar-refractivity contribution in [2.75, 3.05) is 20.4 Å². The maximum Gasteiger partial charge on any atom is 0.224 e. The summed E-state index contributed by atoms with van der Waals surface area (Å²) in [6.45, 7) is -0.103. The van der Waals surface area contributed by atoms with Crippen LogP contribution in [0, 0.1) is 17.8 Å². The molecule has 0 radical (unpaired) electrons. The molecule has 1 N–H and O–H groups in total. The number of hydrogen-bond donors (Lipinski definition) is 1. The number of carbonyl (C=O) groups excluding carboxylic acids is 1. The van der Waals surface area contributed by atoms with Gasteiger partial charge in [0, 0.05) is 29.3 Å². The topological polar surface area (TPSA) is 60.5 Å². The standard InChI is InChI=1S/C17H17FN2O3/c1-22-9-2-3-12-10(6-9)14(4-5-19-12)23-8-13-15-11(7-18)16(15)17(21)20-13/h2-6,11,13,15-16H,7-8H2,1H3,(H,20,21)/t11?,13-,15-,16-/m1/s1. The summed E-state index contributed by atoms with van der Waals surface area (Å²) in [5.41, 5.74) is 0.810. The molecular formula is C17H17FN2O3. The van der Waals surface area contributed by atoms with Crippen LogP contribution in [-0.2, 0) is 4.79 Å². The van der Waals surface area contributed by atoms with E-state index in [2.05, 4.69) is 10.3 Å². The van der Waals surface area contributed by atoms with E-state index in [4.69, 9.17) is 9.47 Å². The highest BCUT2D eigenvalue weighted by Gasteiger charge is 2.63. The number of methoxy groups -OCH3 is 1. The first kappa shape index (κ1) is 14.2. The van der Waals surface area contributed by atoms with E-state index in [1.54, 1.807) is 19.4 Å². The van der Waals surface area contributed by atoms with Crippen molar-refractivity contribution < 1.29 is 18.7 Å². The fraction of sp³-hybridized carbons (Fsp3) is 0.412. The van der Waals surface area contributed by atoms with Gasteiger partial charge >= 0.3 is 0 Å². The second-order valence-electron chi connectivity index (χ2n) is 6.04. The predicted octanol–water partition coefficient (Wildman–Crippen LogP) is 1.95. The van der Waals surface area contributed by atoms with E-state index in [-0.39, 0.29) is 29.7 Å². The Hall–Kier alpha value is -2.37. The number of aromatic nitrogens is 1. The molecule has 1 saturated heterocycles. The number of ether oxygens (including phenoxy) is 2. The second kappa shape index (κ2) is 5.37. The summed E-state index contributed by atoms with van der Waals surface area (Å²) in [6, 6.07) is 7.25. The normalized spacial score (nSPS) is 28.3. The highest BCUT2D eigenvalue weighted by molar-refractivity contribution is 5.87. The Balaban J connectivity index is 1.53. The minimum atomic E-state index is -0.436. The number of hydrogen-bond acceptors (Lipinski definition) is 4. The van der Waals surface area contributed by atoms with Crippen molar-refractivity contribution in [2.45, 2.75) is 6.04 Å². The average molecular weight is 316 g/mol. The first-order valence-electron chi connectivity index (χ1n) is 7.65. The lowest BCUT2D eigenvalue weighted by atomic mass is 10.1. The molecule has 4 atom stereocenters. The maximum absolute atomic E-state index is 12.9. The van der Waals surface area contributed by atoms with Crippen molar-refractivity contribution in [3.8, 4) is 11.5 Å². The van der Waals surface area contributed by atoms with Crippen LogP contribution in [0.5, 0.6) is 11.5 Å². The molecule has 1 aliphatic heterocycles. The van der Waals surface area contributed by atoms with Gasteiger partial charge in [0.15, 0.2) is 0 Å². The summed E-state index contributed by atoms with van der Waals surface area (Å²) < 4.78 is 24.0. The molecule has 4 rings (SSSR count). The summed E-state index contributed by atoms with van der Waals surface area (Å²) in [6.07, 6.45) is 1.68. The summed E-state index contributed by atoms with van der Waals surface area (Å²) in [7, 11) is 1.61. The Morgan fingerprint density at radius 3 is 2.96 bits per heavy atom. The Labute approximate surface area is 132 Å². The van der Waals surface area contributed by atoms with Gasteiger partial charge in [-0.1, -0.05) is 0 Å². The summed E-state index contributed by atoms with van der Waals surface area (Å²) >= 11 is 0. The zero-order valence-electron chi connectivity index (χ0n) is 12.7. The third-order valence-corrected chi connectivity index (χ3v) is 4.83. The molecular weight excluding hydrogens is 299 g/mol. The van der Waals surface area contributed by atoms with Crippen LogP contribution in [0.25, 0.3) is 10.9 Å². The molecule has 1 aromatic heterocycles. The Kier molecular flexibility index (Phi) is 3.32. The number of rotatable bonds is 5. The van der Waals surface area contributed by atoms with E-state index in [0.29, 0.717) is 12.4 Å². The van der Waals surface area contributed by atoms with Gasteiger partial charge in [-0.25, -0.2) is 0 Å². The van der Waals surface area contributed by atoms with Crippen molar-refractivity contribution in [1.82, 2.24) is 10.3 Å². The molecule has 23 heavy (non-hydrogen) atoms. The molecule has 120 valence electrons. The third kappa shape index (κ3) is 2.29. The zero-order chi connectivity index (χ0) is 16.0. The number of fused-ring (bicyclic) bond motifs is 2. The first-order chi connectivity index (χ1) is 11.2. The molecule has 1 aliphatic carbocycles. The molecule has 1 amide bonds. The van der Waals surface area contributed by atoms with Gasteiger partial charge in [0.1, 0.15) is 18.1 Å². The largest absolute Gasteiger partial charge is 0.497 e. The number of benzene rings is 1. The second-order valence-corrected chi connectivity index (χ2v) is 6.04. The van der Waals surface area contributed by atoms with Gasteiger partial charge in [0.2, 0.25) is 5.91 Å². The highest BCUT2D eigenvalue weighted by atomic mass is 19.1. The van der Waals surface area contributed by atoms with Crippen molar-refractivity contribution in [2.24, 2.45) is 17.8 Å². The van der Waals surface area contributed by atoms with Gasteiger partial charge in [-0.05, 0) is 24.3 Å². The van der Waals surface area contributed by atoms with Crippen molar-refractivity contribution in [1.29, 1.82) is 0 Å². The molecule has 2 aromatic rings. The number of alkyl halides is 1. The molecule has 0 spiro atoms. The smallest absolute Gasteiger partial charge is 0.224 e. The maximum atomic E-state index is 12.9. The fourth-order valence-electron chi connectivity index (χ4n) is 3.58. The van der Waals surface area contributed by atoms with E-state index in [0.717, 1.165) is 16.7 Å². The summed E-state index contributed by atoms with van der Waals surface area (Å²) in [4.78, 5) is 16.0. The Morgan fingerprint density at radius 1 is 1.35 bits per heavy atom. The lowest BCUT2D eigenvalue weighted by molar-refractivity contribution is -0.121. The van der Waals surface area contributed by atoms with Gasteiger partial charge in [-0.15, -0.1) is 0 Å². The van der Waals surface area contributed by atoms with Gasteiger partial charge in [0.25, 0.3) is 0 Å². The third-order valence-electron chi connectivity index (χ3n) is 4.83. The van der Waals surface area contributed by atoms with Gasteiger partial charge < -0.3 is 14.8 Å². The van der Waals surface area contributed by atoms with Crippen LogP contribution in [-0.4, -0.2) is 37.3 Å². The lowest BCUT2D eigenvalue weighted by Gasteiger charge is -2.17. The van der Waals surface area contributed by atoms with E-state index in [1.165, 1.54) is 0 Å². The molecule has 2 heterocycles. The van der Waals surface area contributed by atoms with Crippen LogP contribution in [0.1, 0.15) is 0 Å². The van der Waals surface area contributed by atoms with Crippen molar-refractivity contribution >= 4 is 16.8 Å². The summed E-state index contributed by atoms with van der Waals surface area (Å²) in [5, 5.41) is 3.74. The molecule has 5 nitrogen and oxygen atoms in total. The van der Waals surface area contributed by atoms with E-state index < -0.39 is 6.67 Å². The van der Waals surface area contributed by atoms with Gasteiger partial charge in [0.05, 0.1) is 25.3 Å². The predicted molar refractivity (Wildman–Crippen MR) is 82.2 cm³/mol. The minimum Gasteiger partial charge on any atom is -0.497 e. The molecule has 1 aromatic carbocycles. The zero-order valence-corrected chi connectivity index (χ0v) is 12.7. The number of nitrogens with one attached hydrogen (secondary N) is 1. The van der Waals surface area contributed by atoms with Crippen LogP contribution in [0.4, 0.5) is 4.39 Å². The fourth-order valence-corrected chi connectivity index (χ4v) is 3.58. The number of piperidine rings is 1. The molecule has 6 heteroatoms. The van der Waals surface area contributed by atoms with Gasteiger partial charge in [-0.2, -0.15) is 0 Å². The SMILES string of the molecule is COc1ccc2nccc(OC[C@H]3NC(=O)[C@@H]4C(CF)[C@@H]43)c2c1. The van der Waals surface area contributed by atoms with Crippen LogP contribution in [0.3, 0.4) is 0 Å². The molecule has 1 saturated carbocycles. The Bertz CT molecular complexity index is 767.